The number of rotatable bonds is 3. The van der Waals surface area contributed by atoms with E-state index in [2.05, 4.69) is 10.5 Å². The molecule has 8 nitrogen and oxygen atoms in total. The van der Waals surface area contributed by atoms with Crippen molar-refractivity contribution in [2.24, 2.45) is 7.05 Å². The summed E-state index contributed by atoms with van der Waals surface area (Å²) >= 11 is 5.70. The third-order valence-electron chi connectivity index (χ3n) is 3.65. The average Bonchev–Trinajstić information content (AvgIpc) is 2.80. The highest BCUT2D eigenvalue weighted by Crippen LogP contribution is 2.25. The number of hydrazine groups is 1. The van der Waals surface area contributed by atoms with Crippen molar-refractivity contribution in [3.63, 3.8) is 0 Å². The van der Waals surface area contributed by atoms with Gasteiger partial charge in [-0.1, -0.05) is 35.4 Å². The van der Waals surface area contributed by atoms with Crippen LogP contribution in [0.3, 0.4) is 0 Å². The number of hydrogen-bond acceptors (Lipinski definition) is 5. The van der Waals surface area contributed by atoms with E-state index in [1.807, 2.05) is 32.0 Å². The fraction of sp³-hybridized carbons (Fsp3) is 0.312. The van der Waals surface area contributed by atoms with E-state index in [0.29, 0.717) is 0 Å². The Labute approximate surface area is 149 Å². The van der Waals surface area contributed by atoms with Crippen LogP contribution in [0.1, 0.15) is 27.2 Å². The summed E-state index contributed by atoms with van der Waals surface area (Å²) in [7, 11) is 2.66. The number of aromatic hydroxyl groups is 1. The predicted molar refractivity (Wildman–Crippen MR) is 91.2 cm³/mol. The van der Waals surface area contributed by atoms with E-state index in [1.54, 1.807) is 0 Å². The smallest absolute Gasteiger partial charge is 0.428 e. The quantitative estimate of drug-likeness (QED) is 0.812. The molecule has 1 aromatic heterocycles. The maximum Gasteiger partial charge on any atom is 0.428 e. The Hall–Kier alpha value is -2.74. The van der Waals surface area contributed by atoms with Crippen molar-refractivity contribution in [2.75, 3.05) is 7.11 Å². The van der Waals surface area contributed by atoms with E-state index in [-0.39, 0.29) is 17.4 Å². The van der Waals surface area contributed by atoms with Gasteiger partial charge in [-0.05, 0) is 25.0 Å². The second kappa shape index (κ2) is 7.43. The number of carbonyl (C=O) groups excluding carboxylic acids is 2. The largest absolute Gasteiger partial charge is 0.503 e. The Balaban J connectivity index is 2.26. The summed E-state index contributed by atoms with van der Waals surface area (Å²) in [6.07, 6.45) is -0.749. The first kappa shape index (κ1) is 18.6. The maximum absolute atomic E-state index is 12.4. The number of halogens is 1. The topological polar surface area (TPSA) is 96.7 Å². The Bertz CT molecular complexity index is 819. The highest BCUT2D eigenvalue weighted by Gasteiger charge is 2.25. The standard InChI is InChI=1S/C16H19ClN4O4/c1-9-5-6-11(10(2)7-9)8-21(16(24)25-4)19-15(23)12-13(22)14(17)18-20(12)3/h5-7,22H,8H2,1-4H3,(H,19,23). The molecule has 0 unspecified atom stereocenters. The lowest BCUT2D eigenvalue weighted by molar-refractivity contribution is 0.0680. The number of benzene rings is 1. The van der Waals surface area contributed by atoms with Crippen molar-refractivity contribution < 1.29 is 19.4 Å². The number of hydrogen-bond donors (Lipinski definition) is 2. The van der Waals surface area contributed by atoms with E-state index >= 15 is 0 Å². The predicted octanol–water partition coefficient (Wildman–Crippen LogP) is 2.31. The molecule has 0 saturated carbocycles. The van der Waals surface area contributed by atoms with E-state index < -0.39 is 17.7 Å². The Kier molecular flexibility index (Phi) is 5.53. The normalized spacial score (nSPS) is 10.4. The molecule has 25 heavy (non-hydrogen) atoms. The summed E-state index contributed by atoms with van der Waals surface area (Å²) in [5.74, 6) is -1.20. The lowest BCUT2D eigenvalue weighted by atomic mass is 10.1. The minimum absolute atomic E-state index is 0.0941. The molecule has 2 rings (SSSR count). The number of ether oxygens (including phenoxy) is 1. The molecule has 2 aromatic rings. The number of aromatic nitrogens is 2. The molecule has 0 bridgehead atoms. The third-order valence-corrected chi connectivity index (χ3v) is 3.91. The fourth-order valence-corrected chi connectivity index (χ4v) is 2.57. The van der Waals surface area contributed by atoms with Gasteiger partial charge in [-0.25, -0.2) is 9.80 Å². The van der Waals surface area contributed by atoms with Crippen LogP contribution in [0.15, 0.2) is 18.2 Å². The number of nitrogens with zero attached hydrogens (tertiary/aromatic N) is 3. The zero-order valence-electron chi connectivity index (χ0n) is 14.3. The number of aryl methyl sites for hydroxylation is 3. The third kappa shape index (κ3) is 4.03. The van der Waals surface area contributed by atoms with Gasteiger partial charge in [0.05, 0.1) is 13.7 Å². The van der Waals surface area contributed by atoms with E-state index in [4.69, 9.17) is 16.3 Å². The lowest BCUT2D eigenvalue weighted by Gasteiger charge is -2.22. The van der Waals surface area contributed by atoms with E-state index in [1.165, 1.54) is 14.2 Å². The molecule has 9 heteroatoms. The van der Waals surface area contributed by atoms with Crippen molar-refractivity contribution >= 4 is 23.6 Å². The number of nitrogens with one attached hydrogen (secondary N) is 1. The minimum Gasteiger partial charge on any atom is -0.503 e. The molecule has 0 radical (unpaired) electrons. The molecule has 1 heterocycles. The van der Waals surface area contributed by atoms with Gasteiger partial charge >= 0.3 is 6.09 Å². The van der Waals surface area contributed by atoms with Crippen molar-refractivity contribution in [1.29, 1.82) is 0 Å². The molecule has 0 spiro atoms. The lowest BCUT2D eigenvalue weighted by Crippen LogP contribution is -2.46. The van der Waals surface area contributed by atoms with Crippen LogP contribution in [0.4, 0.5) is 4.79 Å². The highest BCUT2D eigenvalue weighted by molar-refractivity contribution is 6.31. The van der Waals surface area contributed by atoms with Gasteiger partial charge < -0.3 is 9.84 Å². The summed E-state index contributed by atoms with van der Waals surface area (Å²) < 4.78 is 5.84. The Morgan fingerprint density at radius 1 is 1.40 bits per heavy atom. The monoisotopic (exact) mass is 366 g/mol. The molecule has 0 aliphatic carbocycles. The molecule has 0 saturated heterocycles. The van der Waals surface area contributed by atoms with Crippen LogP contribution in [-0.4, -0.2) is 39.0 Å². The first-order chi connectivity index (χ1) is 11.7. The number of amides is 2. The van der Waals surface area contributed by atoms with Gasteiger partial charge in [0.2, 0.25) is 0 Å². The molecule has 0 aliphatic heterocycles. The molecule has 0 aliphatic rings. The van der Waals surface area contributed by atoms with E-state index in [0.717, 1.165) is 26.4 Å². The molecular formula is C16H19ClN4O4. The van der Waals surface area contributed by atoms with Gasteiger partial charge in [0.25, 0.3) is 5.91 Å². The SMILES string of the molecule is COC(=O)N(Cc1ccc(C)cc1C)NC(=O)c1c(O)c(Cl)nn1C. The molecule has 2 amide bonds. The van der Waals surface area contributed by atoms with Crippen molar-refractivity contribution in [3.05, 3.63) is 45.7 Å². The molecule has 2 N–H and O–H groups in total. The molecule has 1 aromatic carbocycles. The minimum atomic E-state index is -0.749. The van der Waals surface area contributed by atoms with Crippen LogP contribution >= 0.6 is 11.6 Å². The summed E-state index contributed by atoms with van der Waals surface area (Å²) in [5.41, 5.74) is 5.13. The van der Waals surface area contributed by atoms with Gasteiger partial charge in [-0.3, -0.25) is 14.9 Å². The van der Waals surface area contributed by atoms with Crippen LogP contribution in [0.2, 0.25) is 5.15 Å². The van der Waals surface area contributed by atoms with Gasteiger partial charge in [0.15, 0.2) is 16.6 Å². The Morgan fingerprint density at radius 2 is 2.08 bits per heavy atom. The summed E-state index contributed by atoms with van der Waals surface area (Å²) in [4.78, 5) is 24.4. The molecule has 0 fully saturated rings. The van der Waals surface area contributed by atoms with Crippen LogP contribution in [0.25, 0.3) is 0 Å². The van der Waals surface area contributed by atoms with Crippen LogP contribution in [0, 0.1) is 13.8 Å². The van der Waals surface area contributed by atoms with Crippen molar-refractivity contribution in [1.82, 2.24) is 20.2 Å². The molecule has 134 valence electrons. The van der Waals surface area contributed by atoms with E-state index in [9.17, 15) is 14.7 Å². The zero-order chi connectivity index (χ0) is 18.7. The molecule has 0 atom stereocenters. The second-order valence-corrected chi connectivity index (χ2v) is 5.90. The first-order valence-corrected chi connectivity index (χ1v) is 7.76. The Morgan fingerprint density at radius 3 is 2.60 bits per heavy atom. The first-order valence-electron chi connectivity index (χ1n) is 7.38. The van der Waals surface area contributed by atoms with Gasteiger partial charge in [0, 0.05) is 7.05 Å². The summed E-state index contributed by atoms with van der Waals surface area (Å²) in [6, 6.07) is 5.75. The number of carbonyl (C=O) groups is 2. The molecular weight excluding hydrogens is 348 g/mol. The van der Waals surface area contributed by atoms with Gasteiger partial charge in [-0.15, -0.1) is 0 Å². The average molecular weight is 367 g/mol. The van der Waals surface area contributed by atoms with Crippen LogP contribution < -0.4 is 5.43 Å². The number of methoxy groups -OCH3 is 1. The van der Waals surface area contributed by atoms with Crippen molar-refractivity contribution in [2.45, 2.75) is 20.4 Å². The zero-order valence-corrected chi connectivity index (χ0v) is 15.1. The maximum atomic E-state index is 12.4. The van der Waals surface area contributed by atoms with Gasteiger partial charge in [0.1, 0.15) is 0 Å². The summed E-state index contributed by atoms with van der Waals surface area (Å²) in [5, 5.41) is 14.4. The highest BCUT2D eigenvalue weighted by atomic mass is 35.5. The second-order valence-electron chi connectivity index (χ2n) is 5.54. The van der Waals surface area contributed by atoms with Crippen LogP contribution in [0.5, 0.6) is 5.75 Å². The van der Waals surface area contributed by atoms with Crippen molar-refractivity contribution in [3.8, 4) is 5.75 Å². The van der Waals surface area contributed by atoms with Crippen LogP contribution in [-0.2, 0) is 18.3 Å². The summed E-state index contributed by atoms with van der Waals surface area (Å²) in [6.45, 7) is 3.97. The van der Waals surface area contributed by atoms with Gasteiger partial charge in [-0.2, -0.15) is 5.10 Å². The fourth-order valence-electron chi connectivity index (χ4n) is 2.36.